The molecule has 0 fully saturated rings. The van der Waals surface area contributed by atoms with Gasteiger partial charge in [-0.1, -0.05) is 6.07 Å². The third kappa shape index (κ3) is 3.28. The van der Waals surface area contributed by atoms with E-state index in [2.05, 4.69) is 21.2 Å². The van der Waals surface area contributed by atoms with Crippen molar-refractivity contribution in [2.45, 2.75) is 0 Å². The molecule has 0 radical (unpaired) electrons. The molecule has 110 valence electrons. The predicted octanol–water partition coefficient (Wildman–Crippen LogP) is 3.30. The number of carbonyl (C=O) groups is 1. The lowest BCUT2D eigenvalue weighted by molar-refractivity contribution is 0.102. The monoisotopic (exact) mass is 350 g/mol. The van der Waals surface area contributed by atoms with Gasteiger partial charge in [0.25, 0.3) is 5.91 Å². The van der Waals surface area contributed by atoms with Crippen molar-refractivity contribution in [2.75, 3.05) is 25.3 Å². The number of hydrogen-bond donors (Lipinski definition) is 2. The van der Waals surface area contributed by atoms with E-state index in [0.29, 0.717) is 28.4 Å². The molecule has 3 N–H and O–H groups in total. The van der Waals surface area contributed by atoms with Gasteiger partial charge in [-0.25, -0.2) is 0 Å². The molecular formula is C15H15BrN2O3. The summed E-state index contributed by atoms with van der Waals surface area (Å²) in [5.41, 5.74) is 7.18. The van der Waals surface area contributed by atoms with Crippen LogP contribution >= 0.6 is 15.9 Å². The number of nitrogen functional groups attached to an aromatic ring is 1. The lowest BCUT2D eigenvalue weighted by Crippen LogP contribution is -2.14. The third-order valence-electron chi connectivity index (χ3n) is 2.92. The SMILES string of the molecule is COc1ccc(Br)c(NC(=O)c2cccc(N)c2OC)c1. The van der Waals surface area contributed by atoms with Gasteiger partial charge in [0.1, 0.15) is 5.75 Å². The molecule has 0 saturated heterocycles. The molecule has 2 aromatic carbocycles. The van der Waals surface area contributed by atoms with Crippen LogP contribution in [0.2, 0.25) is 0 Å². The topological polar surface area (TPSA) is 73.6 Å². The Hall–Kier alpha value is -2.21. The first-order valence-corrected chi connectivity index (χ1v) is 6.93. The van der Waals surface area contributed by atoms with E-state index >= 15 is 0 Å². The van der Waals surface area contributed by atoms with Crippen LogP contribution in [0.1, 0.15) is 10.4 Å². The van der Waals surface area contributed by atoms with Crippen molar-refractivity contribution in [2.24, 2.45) is 0 Å². The van der Waals surface area contributed by atoms with Crippen LogP contribution in [-0.2, 0) is 0 Å². The molecule has 0 aromatic heterocycles. The van der Waals surface area contributed by atoms with Crippen LogP contribution in [0.5, 0.6) is 11.5 Å². The molecule has 6 heteroatoms. The van der Waals surface area contributed by atoms with E-state index < -0.39 is 0 Å². The fourth-order valence-corrected chi connectivity index (χ4v) is 2.22. The Balaban J connectivity index is 2.32. The van der Waals surface area contributed by atoms with Crippen LogP contribution < -0.4 is 20.5 Å². The standard InChI is InChI=1S/C15H15BrN2O3/c1-20-9-6-7-11(16)13(8-9)18-15(19)10-4-3-5-12(17)14(10)21-2/h3-8H,17H2,1-2H3,(H,18,19). The Morgan fingerprint density at radius 3 is 2.62 bits per heavy atom. The lowest BCUT2D eigenvalue weighted by Gasteiger charge is -2.12. The summed E-state index contributed by atoms with van der Waals surface area (Å²) in [7, 11) is 3.04. The number of nitrogens with two attached hydrogens (primary N) is 1. The summed E-state index contributed by atoms with van der Waals surface area (Å²) in [6.07, 6.45) is 0. The number of amides is 1. The van der Waals surface area contributed by atoms with Gasteiger partial charge in [-0.2, -0.15) is 0 Å². The van der Waals surface area contributed by atoms with Gasteiger partial charge in [0.2, 0.25) is 0 Å². The fourth-order valence-electron chi connectivity index (χ4n) is 1.88. The van der Waals surface area contributed by atoms with Crippen LogP contribution in [0.4, 0.5) is 11.4 Å². The number of benzene rings is 2. The number of carbonyl (C=O) groups excluding carboxylic acids is 1. The predicted molar refractivity (Wildman–Crippen MR) is 86.1 cm³/mol. The molecule has 1 amide bonds. The molecule has 2 rings (SSSR count). The first kappa shape index (κ1) is 15.2. The van der Waals surface area contributed by atoms with E-state index in [-0.39, 0.29) is 5.91 Å². The van der Waals surface area contributed by atoms with Gasteiger partial charge in [-0.05, 0) is 40.2 Å². The molecule has 0 aliphatic carbocycles. The molecule has 0 spiro atoms. The van der Waals surface area contributed by atoms with E-state index in [1.165, 1.54) is 7.11 Å². The number of anilines is 2. The summed E-state index contributed by atoms with van der Waals surface area (Å²) in [6, 6.07) is 10.3. The maximum Gasteiger partial charge on any atom is 0.259 e. The fraction of sp³-hybridized carbons (Fsp3) is 0.133. The van der Waals surface area contributed by atoms with Crippen molar-refractivity contribution >= 4 is 33.2 Å². The molecule has 2 aromatic rings. The van der Waals surface area contributed by atoms with Gasteiger partial charge in [-0.15, -0.1) is 0 Å². The molecule has 21 heavy (non-hydrogen) atoms. The van der Waals surface area contributed by atoms with Crippen molar-refractivity contribution < 1.29 is 14.3 Å². The Labute approximate surface area is 131 Å². The van der Waals surface area contributed by atoms with Crippen LogP contribution in [0.3, 0.4) is 0 Å². The number of nitrogens with one attached hydrogen (secondary N) is 1. The molecule has 0 aliphatic rings. The number of para-hydroxylation sites is 1. The molecular weight excluding hydrogens is 336 g/mol. The van der Waals surface area contributed by atoms with Crippen molar-refractivity contribution in [1.82, 2.24) is 0 Å². The van der Waals surface area contributed by atoms with Crippen LogP contribution in [0.25, 0.3) is 0 Å². The third-order valence-corrected chi connectivity index (χ3v) is 3.61. The highest BCUT2D eigenvalue weighted by atomic mass is 79.9. The zero-order valence-electron chi connectivity index (χ0n) is 11.6. The van der Waals surface area contributed by atoms with Crippen molar-refractivity contribution in [3.8, 4) is 11.5 Å². The summed E-state index contributed by atoms with van der Waals surface area (Å²) < 4.78 is 11.1. The molecule has 0 bridgehead atoms. The number of halogens is 1. The average Bonchev–Trinajstić information content (AvgIpc) is 2.49. The second-order valence-corrected chi connectivity index (χ2v) is 5.08. The second kappa shape index (κ2) is 6.49. The average molecular weight is 351 g/mol. The minimum absolute atomic E-state index is 0.312. The van der Waals surface area contributed by atoms with E-state index in [9.17, 15) is 4.79 Å². The molecule has 5 nitrogen and oxygen atoms in total. The van der Waals surface area contributed by atoms with Gasteiger partial charge < -0.3 is 20.5 Å². The molecule has 0 unspecified atom stereocenters. The summed E-state index contributed by atoms with van der Waals surface area (Å²) in [4.78, 5) is 12.4. The van der Waals surface area contributed by atoms with Crippen LogP contribution in [0.15, 0.2) is 40.9 Å². The largest absolute Gasteiger partial charge is 0.497 e. The normalized spacial score (nSPS) is 10.0. The Kier molecular flexibility index (Phi) is 4.70. The minimum atomic E-state index is -0.312. The van der Waals surface area contributed by atoms with Gasteiger partial charge in [0, 0.05) is 10.5 Å². The summed E-state index contributed by atoms with van der Waals surface area (Å²) >= 11 is 3.38. The quantitative estimate of drug-likeness (QED) is 0.829. The molecule has 0 saturated carbocycles. The van der Waals surface area contributed by atoms with Crippen LogP contribution in [0, 0.1) is 0 Å². The molecule has 0 aliphatic heterocycles. The smallest absolute Gasteiger partial charge is 0.259 e. The lowest BCUT2D eigenvalue weighted by atomic mass is 10.1. The number of rotatable bonds is 4. The summed E-state index contributed by atoms with van der Waals surface area (Å²) in [5.74, 6) is 0.690. The summed E-state index contributed by atoms with van der Waals surface area (Å²) in [5, 5.41) is 2.80. The van der Waals surface area contributed by atoms with Crippen LogP contribution in [-0.4, -0.2) is 20.1 Å². The van der Waals surface area contributed by atoms with Gasteiger partial charge in [-0.3, -0.25) is 4.79 Å². The Bertz CT molecular complexity index is 674. The Morgan fingerprint density at radius 1 is 1.19 bits per heavy atom. The number of ether oxygens (including phenoxy) is 2. The van der Waals surface area contributed by atoms with Gasteiger partial charge >= 0.3 is 0 Å². The van der Waals surface area contributed by atoms with E-state index in [4.69, 9.17) is 15.2 Å². The number of hydrogen-bond acceptors (Lipinski definition) is 4. The highest BCUT2D eigenvalue weighted by Crippen LogP contribution is 2.30. The van der Waals surface area contributed by atoms with Crippen molar-refractivity contribution in [3.63, 3.8) is 0 Å². The first-order valence-electron chi connectivity index (χ1n) is 6.14. The number of methoxy groups -OCH3 is 2. The van der Waals surface area contributed by atoms with E-state index in [1.807, 2.05) is 0 Å². The van der Waals surface area contributed by atoms with Gasteiger partial charge in [0.05, 0.1) is 31.2 Å². The van der Waals surface area contributed by atoms with Crippen molar-refractivity contribution in [3.05, 3.63) is 46.4 Å². The highest BCUT2D eigenvalue weighted by molar-refractivity contribution is 9.10. The molecule has 0 heterocycles. The zero-order valence-corrected chi connectivity index (χ0v) is 13.2. The highest BCUT2D eigenvalue weighted by Gasteiger charge is 2.15. The van der Waals surface area contributed by atoms with Crippen molar-refractivity contribution in [1.29, 1.82) is 0 Å². The maximum absolute atomic E-state index is 12.4. The Morgan fingerprint density at radius 2 is 1.95 bits per heavy atom. The minimum Gasteiger partial charge on any atom is -0.497 e. The summed E-state index contributed by atoms with van der Waals surface area (Å²) in [6.45, 7) is 0. The van der Waals surface area contributed by atoms with E-state index in [1.54, 1.807) is 43.5 Å². The second-order valence-electron chi connectivity index (χ2n) is 4.23. The molecule has 0 atom stereocenters. The van der Waals surface area contributed by atoms with Gasteiger partial charge in [0.15, 0.2) is 5.75 Å². The van der Waals surface area contributed by atoms with E-state index in [0.717, 1.165) is 4.47 Å². The first-order chi connectivity index (χ1) is 10.1. The zero-order chi connectivity index (χ0) is 15.4. The maximum atomic E-state index is 12.4.